The Morgan fingerprint density at radius 2 is 1.80 bits per heavy atom. The minimum absolute atomic E-state index is 0.181. The first-order valence-electron chi connectivity index (χ1n) is 6.61. The number of nitrogens with one attached hydrogen (secondary N) is 1. The molecule has 5 nitrogen and oxygen atoms in total. The summed E-state index contributed by atoms with van der Waals surface area (Å²) in [5, 5.41) is 0. The summed E-state index contributed by atoms with van der Waals surface area (Å²) in [7, 11) is -3.53. The molecule has 0 aliphatic heterocycles. The fourth-order valence-corrected chi connectivity index (χ4v) is 2.57. The fraction of sp³-hybridized carbons (Fsp3) is 0.571. The number of ether oxygens (including phenoxy) is 1. The third kappa shape index (κ3) is 5.90. The van der Waals surface area contributed by atoms with Crippen LogP contribution in [0.4, 0.5) is 0 Å². The molecule has 20 heavy (non-hydrogen) atoms. The van der Waals surface area contributed by atoms with E-state index >= 15 is 0 Å². The lowest BCUT2D eigenvalue weighted by atomic mass is 10.1. The van der Waals surface area contributed by atoms with Gasteiger partial charge in [-0.3, -0.25) is 0 Å². The second-order valence-electron chi connectivity index (χ2n) is 5.99. The zero-order valence-corrected chi connectivity index (χ0v) is 13.3. The molecule has 0 atom stereocenters. The predicted molar refractivity (Wildman–Crippen MR) is 80.2 cm³/mol. The van der Waals surface area contributed by atoms with Crippen molar-refractivity contribution in [2.24, 2.45) is 11.7 Å². The van der Waals surface area contributed by atoms with Gasteiger partial charge in [0.1, 0.15) is 5.75 Å². The summed E-state index contributed by atoms with van der Waals surface area (Å²) in [6.07, 6.45) is 0. The first-order chi connectivity index (χ1) is 9.10. The summed E-state index contributed by atoms with van der Waals surface area (Å²) in [4.78, 5) is 0.207. The van der Waals surface area contributed by atoms with E-state index in [9.17, 15) is 8.42 Å². The molecule has 0 unspecified atom stereocenters. The monoisotopic (exact) mass is 300 g/mol. The Balaban J connectivity index is 2.72. The summed E-state index contributed by atoms with van der Waals surface area (Å²) in [5.41, 5.74) is 5.18. The maximum Gasteiger partial charge on any atom is 0.240 e. The zero-order chi connectivity index (χ0) is 15.4. The van der Waals surface area contributed by atoms with Crippen molar-refractivity contribution in [3.8, 4) is 5.75 Å². The molecule has 0 saturated carbocycles. The van der Waals surface area contributed by atoms with Crippen molar-refractivity contribution in [3.63, 3.8) is 0 Å². The maximum atomic E-state index is 12.0. The van der Waals surface area contributed by atoms with Crippen LogP contribution < -0.4 is 15.2 Å². The molecule has 114 valence electrons. The highest BCUT2D eigenvalue weighted by molar-refractivity contribution is 7.89. The minimum atomic E-state index is -3.53. The van der Waals surface area contributed by atoms with Gasteiger partial charge in [0.25, 0.3) is 0 Å². The Bertz CT molecular complexity index is 516. The van der Waals surface area contributed by atoms with Gasteiger partial charge in [0.2, 0.25) is 10.0 Å². The molecular formula is C14H24N2O3S. The highest BCUT2D eigenvalue weighted by Crippen LogP contribution is 2.16. The summed E-state index contributed by atoms with van der Waals surface area (Å²) >= 11 is 0. The third-order valence-electron chi connectivity index (χ3n) is 2.44. The molecule has 6 heteroatoms. The highest BCUT2D eigenvalue weighted by atomic mass is 32.2. The van der Waals surface area contributed by atoms with E-state index in [4.69, 9.17) is 10.5 Å². The molecule has 0 fully saturated rings. The van der Waals surface area contributed by atoms with Crippen molar-refractivity contribution < 1.29 is 13.2 Å². The van der Waals surface area contributed by atoms with Crippen LogP contribution in [0.5, 0.6) is 5.75 Å². The van der Waals surface area contributed by atoms with Crippen LogP contribution in [0.1, 0.15) is 27.7 Å². The van der Waals surface area contributed by atoms with Crippen LogP contribution in [0.2, 0.25) is 0 Å². The normalized spacial score (nSPS) is 12.7. The lowest BCUT2D eigenvalue weighted by Gasteiger charge is -2.19. The number of hydrogen-bond donors (Lipinski definition) is 2. The number of rotatable bonds is 7. The molecule has 0 bridgehead atoms. The molecular weight excluding hydrogens is 276 g/mol. The van der Waals surface area contributed by atoms with Crippen molar-refractivity contribution in [1.29, 1.82) is 0 Å². The molecule has 0 aromatic heterocycles. The highest BCUT2D eigenvalue weighted by Gasteiger charge is 2.18. The van der Waals surface area contributed by atoms with Crippen LogP contribution >= 0.6 is 0 Å². The molecule has 3 N–H and O–H groups in total. The van der Waals surface area contributed by atoms with Crippen molar-refractivity contribution in [3.05, 3.63) is 24.3 Å². The largest absolute Gasteiger partial charge is 0.493 e. The Hall–Kier alpha value is -1.11. The quantitative estimate of drug-likeness (QED) is 0.803. The van der Waals surface area contributed by atoms with E-state index in [0.29, 0.717) is 18.3 Å². The number of nitrogens with two attached hydrogens (primary N) is 1. The molecule has 1 aromatic rings. The van der Waals surface area contributed by atoms with Crippen molar-refractivity contribution in [1.82, 2.24) is 4.72 Å². The van der Waals surface area contributed by atoms with Gasteiger partial charge in [-0.2, -0.15) is 0 Å². The van der Waals surface area contributed by atoms with Crippen LogP contribution in [-0.2, 0) is 10.0 Å². The SMILES string of the molecule is CC(C)COc1ccc(S(=O)(=O)NCC(C)(C)N)cc1. The number of sulfonamides is 1. The maximum absolute atomic E-state index is 12.0. The van der Waals surface area contributed by atoms with Gasteiger partial charge in [-0.05, 0) is 44.0 Å². The van der Waals surface area contributed by atoms with Gasteiger partial charge >= 0.3 is 0 Å². The first-order valence-corrected chi connectivity index (χ1v) is 8.10. The third-order valence-corrected chi connectivity index (χ3v) is 3.85. The Kier molecular flexibility index (Phi) is 5.56. The Morgan fingerprint density at radius 1 is 1.25 bits per heavy atom. The minimum Gasteiger partial charge on any atom is -0.493 e. The van der Waals surface area contributed by atoms with Crippen LogP contribution in [0.25, 0.3) is 0 Å². The van der Waals surface area contributed by atoms with Gasteiger partial charge in [0, 0.05) is 12.1 Å². The smallest absolute Gasteiger partial charge is 0.240 e. The van der Waals surface area contributed by atoms with Crippen LogP contribution in [0.3, 0.4) is 0 Å². The van der Waals surface area contributed by atoms with Gasteiger partial charge in [-0.15, -0.1) is 0 Å². The molecule has 0 heterocycles. The van der Waals surface area contributed by atoms with Gasteiger partial charge in [-0.1, -0.05) is 13.8 Å². The van der Waals surface area contributed by atoms with Crippen molar-refractivity contribution in [2.45, 2.75) is 38.1 Å². The van der Waals surface area contributed by atoms with Gasteiger partial charge in [0.15, 0.2) is 0 Å². The van der Waals surface area contributed by atoms with E-state index in [1.54, 1.807) is 26.0 Å². The molecule has 0 aliphatic rings. The lowest BCUT2D eigenvalue weighted by molar-refractivity contribution is 0.271. The van der Waals surface area contributed by atoms with Crippen LogP contribution in [0.15, 0.2) is 29.2 Å². The van der Waals surface area contributed by atoms with Crippen molar-refractivity contribution in [2.75, 3.05) is 13.2 Å². The Morgan fingerprint density at radius 3 is 2.25 bits per heavy atom. The lowest BCUT2D eigenvalue weighted by Crippen LogP contribution is -2.45. The predicted octanol–water partition coefficient (Wildman–Crippen LogP) is 1.74. The van der Waals surface area contributed by atoms with E-state index in [0.717, 1.165) is 0 Å². The standard InChI is InChI=1S/C14H24N2O3S/c1-11(2)9-19-12-5-7-13(8-6-12)20(17,18)16-10-14(3,4)15/h5-8,11,16H,9-10,15H2,1-4H3. The summed E-state index contributed by atoms with van der Waals surface area (Å²) in [6.45, 7) is 8.41. The molecule has 0 radical (unpaired) electrons. The average Bonchev–Trinajstić information content (AvgIpc) is 2.34. The summed E-state index contributed by atoms with van der Waals surface area (Å²) in [6, 6.07) is 6.37. The van der Waals surface area contributed by atoms with E-state index in [1.165, 1.54) is 12.1 Å². The van der Waals surface area contributed by atoms with Crippen LogP contribution in [0, 0.1) is 5.92 Å². The van der Waals surface area contributed by atoms with Crippen molar-refractivity contribution >= 4 is 10.0 Å². The number of benzene rings is 1. The van der Waals surface area contributed by atoms with E-state index in [2.05, 4.69) is 18.6 Å². The zero-order valence-electron chi connectivity index (χ0n) is 12.5. The topological polar surface area (TPSA) is 81.4 Å². The molecule has 1 rings (SSSR count). The molecule has 0 saturated heterocycles. The fourth-order valence-electron chi connectivity index (χ4n) is 1.34. The van der Waals surface area contributed by atoms with E-state index < -0.39 is 15.6 Å². The first kappa shape index (κ1) is 16.9. The van der Waals surface area contributed by atoms with Gasteiger partial charge < -0.3 is 10.5 Å². The van der Waals surface area contributed by atoms with Crippen LogP contribution in [-0.4, -0.2) is 27.1 Å². The molecule has 0 spiro atoms. The second-order valence-corrected chi connectivity index (χ2v) is 7.76. The Labute approximate surface area is 121 Å². The molecule has 1 aromatic carbocycles. The number of hydrogen-bond acceptors (Lipinski definition) is 4. The molecule has 0 amide bonds. The van der Waals surface area contributed by atoms with Gasteiger partial charge in [-0.25, -0.2) is 13.1 Å². The van der Waals surface area contributed by atoms with E-state index in [1.807, 2.05) is 0 Å². The average molecular weight is 300 g/mol. The van der Waals surface area contributed by atoms with Gasteiger partial charge in [0.05, 0.1) is 11.5 Å². The summed E-state index contributed by atoms with van der Waals surface area (Å²) in [5.74, 6) is 1.09. The summed E-state index contributed by atoms with van der Waals surface area (Å²) < 4.78 is 32.1. The van der Waals surface area contributed by atoms with E-state index in [-0.39, 0.29) is 11.4 Å². The molecule has 0 aliphatic carbocycles. The second kappa shape index (κ2) is 6.56.